The normalized spacial score (nSPS) is 10.4. The first-order valence-corrected chi connectivity index (χ1v) is 9.11. The molecule has 0 bridgehead atoms. The number of halogens is 1. The number of methoxy groups -OCH3 is 1. The molecule has 0 heterocycles. The van der Waals surface area contributed by atoms with Gasteiger partial charge in [0, 0.05) is 32.0 Å². The van der Waals surface area contributed by atoms with Crippen LogP contribution in [0.5, 0.6) is 0 Å². The van der Waals surface area contributed by atoms with Crippen molar-refractivity contribution in [1.29, 1.82) is 0 Å². The second kappa shape index (κ2) is 10.9. The fourth-order valence-corrected chi connectivity index (χ4v) is 2.66. The first-order valence-electron chi connectivity index (χ1n) is 9.11. The molecule has 0 saturated heterocycles. The molecule has 1 N–H and O–H groups in total. The Hall–Kier alpha value is -3.53. The van der Waals surface area contributed by atoms with Crippen molar-refractivity contribution in [2.45, 2.75) is 6.92 Å². The molecule has 0 aliphatic rings. The van der Waals surface area contributed by atoms with Gasteiger partial charge in [0.25, 0.3) is 11.6 Å². The van der Waals surface area contributed by atoms with Gasteiger partial charge in [-0.2, -0.15) is 0 Å². The van der Waals surface area contributed by atoms with Crippen LogP contribution in [0.15, 0.2) is 42.5 Å². The molecule has 0 aliphatic carbocycles. The largest absolute Gasteiger partial charge is 0.452 e. The summed E-state index contributed by atoms with van der Waals surface area (Å²) < 4.78 is 23.0. The molecule has 10 heteroatoms. The molecule has 0 atom stereocenters. The zero-order valence-electron chi connectivity index (χ0n) is 16.6. The highest BCUT2D eigenvalue weighted by Crippen LogP contribution is 2.26. The number of hydrogen-bond acceptors (Lipinski definition) is 7. The number of likely N-dealkylation sites (N-methyl/N-ethyl adjacent to an activating group) is 1. The quantitative estimate of drug-likeness (QED) is 0.273. The molecule has 30 heavy (non-hydrogen) atoms. The number of carbonyl (C=O) groups excluding carboxylic acids is 2. The van der Waals surface area contributed by atoms with Crippen LogP contribution in [-0.2, 0) is 14.3 Å². The van der Waals surface area contributed by atoms with Gasteiger partial charge in [-0.05, 0) is 43.3 Å². The van der Waals surface area contributed by atoms with Gasteiger partial charge in [0.15, 0.2) is 6.61 Å². The molecule has 0 saturated carbocycles. The summed E-state index contributed by atoms with van der Waals surface area (Å²) in [6, 6.07) is 9.17. The lowest BCUT2D eigenvalue weighted by atomic mass is 10.1. The molecule has 2 aromatic carbocycles. The third-order valence-corrected chi connectivity index (χ3v) is 4.13. The molecule has 0 aromatic heterocycles. The number of hydrogen-bond donors (Lipinski definition) is 1. The van der Waals surface area contributed by atoms with Crippen molar-refractivity contribution in [3.8, 4) is 0 Å². The van der Waals surface area contributed by atoms with E-state index < -0.39 is 29.2 Å². The van der Waals surface area contributed by atoms with E-state index in [4.69, 9.17) is 9.47 Å². The van der Waals surface area contributed by atoms with Crippen molar-refractivity contribution in [2.75, 3.05) is 43.6 Å². The van der Waals surface area contributed by atoms with Crippen molar-refractivity contribution in [2.24, 2.45) is 0 Å². The zero-order valence-corrected chi connectivity index (χ0v) is 16.6. The van der Waals surface area contributed by atoms with E-state index in [0.717, 1.165) is 6.07 Å². The highest BCUT2D eigenvalue weighted by atomic mass is 19.1. The fraction of sp³-hybridized carbons (Fsp3) is 0.300. The predicted octanol–water partition coefficient (Wildman–Crippen LogP) is 3.00. The van der Waals surface area contributed by atoms with E-state index >= 15 is 0 Å². The second-order valence-electron chi connectivity index (χ2n) is 6.10. The van der Waals surface area contributed by atoms with Crippen LogP contribution in [0.1, 0.15) is 17.3 Å². The molecule has 0 radical (unpaired) electrons. The number of ether oxygens (including phenoxy) is 2. The number of nitro groups is 1. The summed E-state index contributed by atoms with van der Waals surface area (Å²) in [5, 5.41) is 14.1. The van der Waals surface area contributed by atoms with Crippen LogP contribution in [0.4, 0.5) is 21.5 Å². The lowest BCUT2D eigenvalue weighted by molar-refractivity contribution is -0.384. The highest BCUT2D eigenvalue weighted by Gasteiger charge is 2.20. The summed E-state index contributed by atoms with van der Waals surface area (Å²) in [5.41, 5.74) is 0.338. The number of amides is 1. The van der Waals surface area contributed by atoms with Crippen molar-refractivity contribution >= 4 is 28.9 Å². The molecular formula is C20H22FN3O6. The summed E-state index contributed by atoms with van der Waals surface area (Å²) >= 11 is 0. The topological polar surface area (TPSA) is 111 Å². The third kappa shape index (κ3) is 5.98. The molecule has 0 spiro atoms. The van der Waals surface area contributed by atoms with E-state index in [0.29, 0.717) is 18.8 Å². The standard InChI is InChI=1S/C20H22FN3O6/c1-3-23(16-7-5-15(21)6-8-16)19(25)13-30-20(26)14-4-9-17(22-10-11-29-2)18(12-14)24(27)28/h4-9,12,22H,3,10-11,13H2,1-2H3. The van der Waals surface area contributed by atoms with Gasteiger partial charge in [-0.3, -0.25) is 14.9 Å². The van der Waals surface area contributed by atoms with Crippen LogP contribution in [0.3, 0.4) is 0 Å². The Morgan fingerprint density at radius 1 is 1.20 bits per heavy atom. The van der Waals surface area contributed by atoms with Gasteiger partial charge < -0.3 is 19.7 Å². The molecule has 0 unspecified atom stereocenters. The van der Waals surface area contributed by atoms with Crippen molar-refractivity contribution in [3.63, 3.8) is 0 Å². The number of benzene rings is 2. The van der Waals surface area contributed by atoms with E-state index in [2.05, 4.69) is 5.32 Å². The minimum Gasteiger partial charge on any atom is -0.452 e. The SMILES string of the molecule is CCN(C(=O)COC(=O)c1ccc(NCCOC)c([N+](=O)[O-])c1)c1ccc(F)cc1. The van der Waals surface area contributed by atoms with Gasteiger partial charge in [0.2, 0.25) is 0 Å². The fourth-order valence-electron chi connectivity index (χ4n) is 2.66. The number of esters is 1. The van der Waals surface area contributed by atoms with Crippen LogP contribution in [0, 0.1) is 15.9 Å². The molecule has 2 rings (SSSR count). The number of anilines is 2. The van der Waals surface area contributed by atoms with Gasteiger partial charge in [-0.15, -0.1) is 0 Å². The molecule has 2 aromatic rings. The minimum atomic E-state index is -0.870. The Balaban J connectivity index is 2.05. The van der Waals surface area contributed by atoms with E-state index in [-0.39, 0.29) is 23.5 Å². The van der Waals surface area contributed by atoms with E-state index in [1.165, 1.54) is 48.4 Å². The van der Waals surface area contributed by atoms with E-state index in [1.54, 1.807) is 6.92 Å². The van der Waals surface area contributed by atoms with E-state index in [9.17, 15) is 24.1 Å². The molecule has 0 aliphatic heterocycles. The Morgan fingerprint density at radius 2 is 1.90 bits per heavy atom. The van der Waals surface area contributed by atoms with Crippen molar-refractivity contribution in [1.82, 2.24) is 0 Å². The van der Waals surface area contributed by atoms with Crippen molar-refractivity contribution in [3.05, 3.63) is 64.0 Å². The highest BCUT2D eigenvalue weighted by molar-refractivity contribution is 5.97. The number of rotatable bonds is 10. The summed E-state index contributed by atoms with van der Waals surface area (Å²) in [6.07, 6.45) is 0. The summed E-state index contributed by atoms with van der Waals surface area (Å²) in [4.78, 5) is 36.7. The smallest absolute Gasteiger partial charge is 0.338 e. The lowest BCUT2D eigenvalue weighted by Crippen LogP contribution is -2.34. The third-order valence-electron chi connectivity index (χ3n) is 4.13. The average molecular weight is 419 g/mol. The first-order chi connectivity index (χ1) is 14.4. The Bertz CT molecular complexity index is 904. The van der Waals surface area contributed by atoms with Gasteiger partial charge in [-0.25, -0.2) is 9.18 Å². The molecule has 1 amide bonds. The van der Waals surface area contributed by atoms with Crippen LogP contribution in [0.2, 0.25) is 0 Å². The lowest BCUT2D eigenvalue weighted by Gasteiger charge is -2.20. The number of carbonyl (C=O) groups is 2. The molecule has 0 fully saturated rings. The van der Waals surface area contributed by atoms with Gasteiger partial charge in [-0.1, -0.05) is 0 Å². The summed E-state index contributed by atoms with van der Waals surface area (Å²) in [6.45, 7) is 2.15. The van der Waals surface area contributed by atoms with Gasteiger partial charge >= 0.3 is 5.97 Å². The van der Waals surface area contributed by atoms with Gasteiger partial charge in [0.05, 0.1) is 17.1 Å². The Kier molecular flexibility index (Phi) is 8.24. The number of nitrogens with one attached hydrogen (secondary N) is 1. The van der Waals surface area contributed by atoms with E-state index in [1.807, 2.05) is 0 Å². The molecule has 9 nitrogen and oxygen atoms in total. The molecular weight excluding hydrogens is 397 g/mol. The van der Waals surface area contributed by atoms with Crippen LogP contribution in [-0.4, -0.2) is 50.2 Å². The number of nitro benzene ring substituents is 1. The number of nitrogens with zero attached hydrogens (tertiary/aromatic N) is 2. The first kappa shape index (κ1) is 22.8. The maximum absolute atomic E-state index is 13.1. The maximum atomic E-state index is 13.1. The second-order valence-corrected chi connectivity index (χ2v) is 6.10. The predicted molar refractivity (Wildman–Crippen MR) is 108 cm³/mol. The van der Waals surface area contributed by atoms with Gasteiger partial charge in [0.1, 0.15) is 11.5 Å². The van der Waals surface area contributed by atoms with Crippen LogP contribution >= 0.6 is 0 Å². The Morgan fingerprint density at radius 3 is 2.50 bits per heavy atom. The maximum Gasteiger partial charge on any atom is 0.338 e. The summed E-state index contributed by atoms with van der Waals surface area (Å²) in [5.74, 6) is -1.81. The van der Waals surface area contributed by atoms with Crippen molar-refractivity contribution < 1.29 is 28.4 Å². The Labute approximate surface area is 172 Å². The van der Waals surface area contributed by atoms with Crippen LogP contribution < -0.4 is 10.2 Å². The zero-order chi connectivity index (χ0) is 22.1. The van der Waals surface area contributed by atoms with Crippen LogP contribution in [0.25, 0.3) is 0 Å². The monoisotopic (exact) mass is 419 g/mol. The molecule has 160 valence electrons. The minimum absolute atomic E-state index is 0.0587. The average Bonchev–Trinajstić information content (AvgIpc) is 2.74. The summed E-state index contributed by atoms with van der Waals surface area (Å²) in [7, 11) is 1.51.